The fourth-order valence-corrected chi connectivity index (χ4v) is 2.77. The number of ether oxygens (including phenoxy) is 1. The number of benzene rings is 1. The molecule has 7 heteroatoms. The Bertz CT molecular complexity index is 1010. The first-order chi connectivity index (χ1) is 13.7. The lowest BCUT2D eigenvalue weighted by molar-refractivity contribution is 0.102. The topological polar surface area (TPSA) is 81.9 Å². The molecule has 0 saturated carbocycles. The summed E-state index contributed by atoms with van der Waals surface area (Å²) in [7, 11) is 1.56. The number of methoxy groups -OCH3 is 1. The number of pyridine rings is 1. The number of hydrogen-bond acceptors (Lipinski definition) is 5. The van der Waals surface area contributed by atoms with Crippen molar-refractivity contribution in [2.45, 2.75) is 13.0 Å². The molecule has 28 heavy (non-hydrogen) atoms. The Morgan fingerprint density at radius 1 is 1.25 bits per heavy atom. The van der Waals surface area contributed by atoms with E-state index in [1.807, 2.05) is 22.8 Å². The Morgan fingerprint density at radius 3 is 2.86 bits per heavy atom. The number of allylic oxidation sites excluding steroid dienone is 2. The van der Waals surface area contributed by atoms with Crippen LogP contribution in [0, 0.1) is 0 Å². The lowest BCUT2D eigenvalue weighted by Gasteiger charge is -2.11. The highest BCUT2D eigenvalue weighted by Gasteiger charge is 2.14. The molecule has 0 aliphatic heterocycles. The van der Waals surface area contributed by atoms with Crippen LogP contribution in [0.25, 0.3) is 11.5 Å². The summed E-state index contributed by atoms with van der Waals surface area (Å²) >= 11 is 0. The number of hydrogen-bond donors (Lipinski definition) is 1. The predicted octanol–water partition coefficient (Wildman–Crippen LogP) is 3.52. The van der Waals surface area contributed by atoms with Gasteiger partial charge in [-0.25, -0.2) is 4.98 Å². The van der Waals surface area contributed by atoms with Crippen LogP contribution < -0.4 is 10.1 Å². The lowest BCUT2D eigenvalue weighted by atomic mass is 10.0. The van der Waals surface area contributed by atoms with Crippen molar-refractivity contribution in [3.05, 3.63) is 79.2 Å². The van der Waals surface area contributed by atoms with Crippen molar-refractivity contribution in [2.24, 2.45) is 0 Å². The number of amides is 1. The minimum absolute atomic E-state index is 0.270. The number of nitrogens with zero attached hydrogens (tertiary/aromatic N) is 4. The first kappa shape index (κ1) is 19.0. The van der Waals surface area contributed by atoms with E-state index in [0.29, 0.717) is 41.6 Å². The molecule has 0 atom stereocenters. The summed E-state index contributed by atoms with van der Waals surface area (Å²) in [5.74, 6) is 1.36. The molecule has 0 unspecified atom stereocenters. The maximum absolute atomic E-state index is 12.9. The van der Waals surface area contributed by atoms with Crippen LogP contribution in [-0.2, 0) is 13.0 Å². The maximum Gasteiger partial charge on any atom is 0.257 e. The Kier molecular flexibility index (Phi) is 5.96. The third-order valence-electron chi connectivity index (χ3n) is 4.09. The average Bonchev–Trinajstić information content (AvgIpc) is 3.17. The van der Waals surface area contributed by atoms with E-state index in [1.165, 1.54) is 0 Å². The normalized spacial score (nSPS) is 10.3. The molecule has 0 aliphatic carbocycles. The quantitative estimate of drug-likeness (QED) is 0.609. The zero-order valence-corrected chi connectivity index (χ0v) is 15.6. The van der Waals surface area contributed by atoms with E-state index in [9.17, 15) is 4.79 Å². The number of aromatic nitrogens is 4. The molecule has 3 aromatic rings. The summed E-state index contributed by atoms with van der Waals surface area (Å²) in [5.41, 5.74) is 1.98. The van der Waals surface area contributed by atoms with E-state index < -0.39 is 0 Å². The van der Waals surface area contributed by atoms with E-state index in [-0.39, 0.29) is 5.91 Å². The van der Waals surface area contributed by atoms with E-state index in [1.54, 1.807) is 43.8 Å². The Hall–Kier alpha value is -3.74. The second-order valence-electron chi connectivity index (χ2n) is 5.97. The molecule has 0 saturated heterocycles. The molecule has 7 nitrogen and oxygen atoms in total. The molecule has 142 valence electrons. The minimum Gasteiger partial charge on any atom is -0.497 e. The third-order valence-corrected chi connectivity index (χ3v) is 4.09. The summed E-state index contributed by atoms with van der Waals surface area (Å²) in [6, 6.07) is 10.7. The van der Waals surface area contributed by atoms with Gasteiger partial charge in [0.1, 0.15) is 23.6 Å². The van der Waals surface area contributed by atoms with Crippen molar-refractivity contribution in [2.75, 3.05) is 12.4 Å². The van der Waals surface area contributed by atoms with Gasteiger partial charge < -0.3 is 14.6 Å². The zero-order chi connectivity index (χ0) is 19.9. The smallest absolute Gasteiger partial charge is 0.257 e. The van der Waals surface area contributed by atoms with Gasteiger partial charge in [0.25, 0.3) is 5.91 Å². The first-order valence-corrected chi connectivity index (χ1v) is 8.71. The highest BCUT2D eigenvalue weighted by Crippen LogP contribution is 2.21. The van der Waals surface area contributed by atoms with Gasteiger partial charge in [0.15, 0.2) is 5.82 Å². The van der Waals surface area contributed by atoms with Gasteiger partial charge >= 0.3 is 0 Å². The lowest BCUT2D eigenvalue weighted by Crippen LogP contribution is -2.15. The van der Waals surface area contributed by atoms with Crippen LogP contribution in [-0.4, -0.2) is 32.8 Å². The van der Waals surface area contributed by atoms with Gasteiger partial charge in [-0.2, -0.15) is 0 Å². The molecule has 1 aromatic carbocycles. The van der Waals surface area contributed by atoms with Gasteiger partial charge in [0.05, 0.1) is 7.11 Å². The molecule has 0 radical (unpaired) electrons. The molecule has 2 aromatic heterocycles. The van der Waals surface area contributed by atoms with E-state index in [0.717, 1.165) is 5.56 Å². The van der Waals surface area contributed by atoms with Gasteiger partial charge in [-0.15, -0.1) is 23.4 Å². The molecular weight excluding hydrogens is 354 g/mol. The first-order valence-electron chi connectivity index (χ1n) is 8.71. The van der Waals surface area contributed by atoms with Crippen LogP contribution in [0.1, 0.15) is 15.9 Å². The Balaban J connectivity index is 1.88. The van der Waals surface area contributed by atoms with Gasteiger partial charge in [0, 0.05) is 12.1 Å². The van der Waals surface area contributed by atoms with E-state index in [4.69, 9.17) is 4.74 Å². The van der Waals surface area contributed by atoms with E-state index >= 15 is 0 Å². The highest BCUT2D eigenvalue weighted by atomic mass is 16.5. The second kappa shape index (κ2) is 8.77. The van der Waals surface area contributed by atoms with Crippen molar-refractivity contribution in [3.63, 3.8) is 0 Å². The highest BCUT2D eigenvalue weighted by molar-refractivity contribution is 6.05. The summed E-state index contributed by atoms with van der Waals surface area (Å²) in [4.78, 5) is 17.4. The summed E-state index contributed by atoms with van der Waals surface area (Å²) in [6.45, 7) is 8.04. The fourth-order valence-electron chi connectivity index (χ4n) is 2.77. The number of carbonyl (C=O) groups excluding carboxylic acids is 1. The van der Waals surface area contributed by atoms with Gasteiger partial charge in [-0.3, -0.25) is 4.79 Å². The van der Waals surface area contributed by atoms with Crippen LogP contribution in [0.3, 0.4) is 0 Å². The van der Waals surface area contributed by atoms with Crippen molar-refractivity contribution in [3.8, 4) is 17.3 Å². The van der Waals surface area contributed by atoms with Gasteiger partial charge in [-0.05, 0) is 36.2 Å². The maximum atomic E-state index is 12.9. The second-order valence-corrected chi connectivity index (χ2v) is 5.97. The summed E-state index contributed by atoms with van der Waals surface area (Å²) < 4.78 is 7.07. The van der Waals surface area contributed by atoms with E-state index in [2.05, 4.69) is 33.7 Å². The molecule has 2 heterocycles. The predicted molar refractivity (Wildman–Crippen MR) is 108 cm³/mol. The Labute approximate surface area is 163 Å². The summed E-state index contributed by atoms with van der Waals surface area (Å²) in [5, 5.41) is 10.9. The molecule has 0 aliphatic rings. The fraction of sp³-hybridized carbons (Fsp3) is 0.143. The monoisotopic (exact) mass is 375 g/mol. The van der Waals surface area contributed by atoms with Crippen LogP contribution >= 0.6 is 0 Å². The van der Waals surface area contributed by atoms with Crippen LogP contribution in [0.4, 0.5) is 5.82 Å². The standard InChI is InChI=1S/C21H21N5O2/c1-4-7-15-10-11-16(28-3)13-17(15)21(27)24-19-9-6-8-18(23-19)20-25-22-14-26(20)12-5-2/h4-6,8-11,13-14H,1-2,7,12H2,3H3,(H,23,24,27). The largest absolute Gasteiger partial charge is 0.497 e. The van der Waals surface area contributed by atoms with Crippen molar-refractivity contribution in [1.82, 2.24) is 19.7 Å². The molecule has 1 N–H and O–H groups in total. The average molecular weight is 375 g/mol. The van der Waals surface area contributed by atoms with Crippen molar-refractivity contribution in [1.29, 1.82) is 0 Å². The summed E-state index contributed by atoms with van der Waals surface area (Å²) in [6.07, 6.45) is 5.69. The number of carbonyl (C=O) groups is 1. The molecule has 0 fully saturated rings. The number of anilines is 1. The molecular formula is C21H21N5O2. The zero-order valence-electron chi connectivity index (χ0n) is 15.6. The third kappa shape index (κ3) is 4.15. The van der Waals surface area contributed by atoms with Crippen molar-refractivity contribution >= 4 is 11.7 Å². The molecule has 0 bridgehead atoms. The Morgan fingerprint density at radius 2 is 2.11 bits per heavy atom. The minimum atomic E-state index is -0.270. The number of nitrogens with one attached hydrogen (secondary N) is 1. The van der Waals surface area contributed by atoms with Gasteiger partial charge in [0.2, 0.25) is 0 Å². The molecule has 1 amide bonds. The van der Waals surface area contributed by atoms with Crippen LogP contribution in [0.5, 0.6) is 5.75 Å². The van der Waals surface area contributed by atoms with Crippen LogP contribution in [0.2, 0.25) is 0 Å². The van der Waals surface area contributed by atoms with Crippen molar-refractivity contribution < 1.29 is 9.53 Å². The molecule has 3 rings (SSSR count). The molecule has 0 spiro atoms. The SMILES string of the molecule is C=CCc1ccc(OC)cc1C(=O)Nc1cccc(-c2nncn2CC=C)n1. The van der Waals surface area contributed by atoms with Crippen LogP contribution in [0.15, 0.2) is 68.0 Å². The van der Waals surface area contributed by atoms with Gasteiger partial charge in [-0.1, -0.05) is 24.3 Å². The number of rotatable bonds is 8.